The first-order valence-corrected chi connectivity index (χ1v) is 15.0. The SMILES string of the molecule is CC(=O)Nc1nc2c(Oc3cc(N4CCN([C@H](C)c5ccc(F)cc5)CC4)nc(N(C)[C@@H]4CCCO4)n3)cccc2s1. The lowest BCUT2D eigenvalue weighted by Crippen LogP contribution is -2.47. The average Bonchev–Trinajstić information content (AvgIpc) is 3.67. The number of carbonyl (C=O) groups excluding carboxylic acids is 1. The fraction of sp³-hybridized carbons (Fsp3) is 0.400. The first kappa shape index (κ1) is 28.3. The van der Waals surface area contributed by atoms with E-state index in [1.54, 1.807) is 0 Å². The smallest absolute Gasteiger partial charge is 0.232 e. The van der Waals surface area contributed by atoms with Crippen LogP contribution in [0.3, 0.4) is 0 Å². The predicted molar refractivity (Wildman–Crippen MR) is 162 cm³/mol. The van der Waals surface area contributed by atoms with Crippen LogP contribution in [0.1, 0.15) is 38.3 Å². The molecule has 220 valence electrons. The Hall–Kier alpha value is -3.87. The highest BCUT2D eigenvalue weighted by molar-refractivity contribution is 7.22. The molecule has 0 spiro atoms. The summed E-state index contributed by atoms with van der Waals surface area (Å²) in [4.78, 5) is 32.5. The van der Waals surface area contributed by atoms with Gasteiger partial charge >= 0.3 is 0 Å². The largest absolute Gasteiger partial charge is 0.436 e. The molecule has 0 aliphatic carbocycles. The molecule has 2 aliphatic rings. The molecule has 2 saturated heterocycles. The summed E-state index contributed by atoms with van der Waals surface area (Å²) >= 11 is 1.39. The molecule has 2 aromatic carbocycles. The summed E-state index contributed by atoms with van der Waals surface area (Å²) in [5.74, 6) is 1.86. The Balaban J connectivity index is 1.25. The summed E-state index contributed by atoms with van der Waals surface area (Å²) in [5, 5.41) is 3.27. The molecule has 0 unspecified atom stereocenters. The van der Waals surface area contributed by atoms with Crippen molar-refractivity contribution in [3.63, 3.8) is 0 Å². The van der Waals surface area contributed by atoms with Gasteiger partial charge in [-0.2, -0.15) is 9.97 Å². The molecule has 0 radical (unpaired) electrons. The number of para-hydroxylation sites is 1. The maximum Gasteiger partial charge on any atom is 0.232 e. The molecule has 2 aliphatic heterocycles. The van der Waals surface area contributed by atoms with Crippen LogP contribution in [0.25, 0.3) is 10.2 Å². The van der Waals surface area contributed by atoms with Gasteiger partial charge in [0.25, 0.3) is 0 Å². The van der Waals surface area contributed by atoms with E-state index in [2.05, 4.69) is 27.0 Å². The van der Waals surface area contributed by atoms with Crippen LogP contribution in [0.2, 0.25) is 0 Å². The summed E-state index contributed by atoms with van der Waals surface area (Å²) in [7, 11) is 1.95. The van der Waals surface area contributed by atoms with E-state index in [0.717, 1.165) is 55.1 Å². The first-order chi connectivity index (χ1) is 20.3. The Kier molecular flexibility index (Phi) is 8.18. The van der Waals surface area contributed by atoms with Crippen molar-refractivity contribution in [2.75, 3.05) is 55.0 Å². The van der Waals surface area contributed by atoms with E-state index in [1.807, 2.05) is 48.3 Å². The van der Waals surface area contributed by atoms with E-state index >= 15 is 0 Å². The molecule has 0 saturated carbocycles. The van der Waals surface area contributed by atoms with Gasteiger partial charge in [-0.3, -0.25) is 9.69 Å². The second-order valence-electron chi connectivity index (χ2n) is 10.6. The van der Waals surface area contributed by atoms with Crippen LogP contribution in [0.15, 0.2) is 48.5 Å². The van der Waals surface area contributed by atoms with Crippen molar-refractivity contribution in [2.45, 2.75) is 39.0 Å². The minimum Gasteiger partial charge on any atom is -0.436 e. The van der Waals surface area contributed by atoms with Crippen molar-refractivity contribution in [1.82, 2.24) is 19.9 Å². The number of nitrogens with one attached hydrogen (secondary N) is 1. The molecule has 4 aromatic rings. The topological polar surface area (TPSA) is 96.0 Å². The molecule has 6 rings (SSSR count). The molecule has 2 aromatic heterocycles. The van der Waals surface area contributed by atoms with Gasteiger partial charge in [0.05, 0.1) is 4.70 Å². The molecular formula is C30H34FN7O3S. The summed E-state index contributed by atoms with van der Waals surface area (Å²) in [6, 6.07) is 14.5. The van der Waals surface area contributed by atoms with Crippen molar-refractivity contribution in [3.8, 4) is 11.6 Å². The number of aromatic nitrogens is 3. The third-order valence-corrected chi connectivity index (χ3v) is 8.68. The van der Waals surface area contributed by atoms with Gasteiger partial charge in [-0.1, -0.05) is 29.5 Å². The van der Waals surface area contributed by atoms with Gasteiger partial charge in [-0.25, -0.2) is 9.37 Å². The molecule has 1 amide bonds. The zero-order chi connectivity index (χ0) is 29.2. The Morgan fingerprint density at radius 3 is 2.64 bits per heavy atom. The van der Waals surface area contributed by atoms with Gasteiger partial charge in [-0.05, 0) is 49.6 Å². The summed E-state index contributed by atoms with van der Waals surface area (Å²) < 4.78 is 26.6. The molecule has 0 bridgehead atoms. The van der Waals surface area contributed by atoms with Crippen LogP contribution in [0.4, 0.5) is 21.3 Å². The second-order valence-corrected chi connectivity index (χ2v) is 11.6. The van der Waals surface area contributed by atoms with Gasteiger partial charge in [0.1, 0.15) is 23.4 Å². The summed E-state index contributed by atoms with van der Waals surface area (Å²) in [6.45, 7) is 7.54. The number of amides is 1. The number of nitrogens with zero attached hydrogens (tertiary/aromatic N) is 6. The molecule has 2 atom stereocenters. The van der Waals surface area contributed by atoms with E-state index in [4.69, 9.17) is 19.4 Å². The van der Waals surface area contributed by atoms with Gasteiger partial charge in [-0.15, -0.1) is 0 Å². The fourth-order valence-corrected chi connectivity index (χ4v) is 6.31. The first-order valence-electron chi connectivity index (χ1n) is 14.2. The van der Waals surface area contributed by atoms with Crippen molar-refractivity contribution >= 4 is 44.4 Å². The molecule has 4 heterocycles. The van der Waals surface area contributed by atoms with Gasteiger partial charge < -0.3 is 24.6 Å². The molecule has 42 heavy (non-hydrogen) atoms. The van der Waals surface area contributed by atoms with Crippen LogP contribution >= 0.6 is 11.3 Å². The minimum atomic E-state index is -0.222. The lowest BCUT2D eigenvalue weighted by molar-refractivity contribution is -0.114. The number of anilines is 3. The molecule has 2 fully saturated rings. The van der Waals surface area contributed by atoms with Crippen LogP contribution in [0.5, 0.6) is 11.6 Å². The highest BCUT2D eigenvalue weighted by atomic mass is 32.1. The molecule has 12 heteroatoms. The minimum absolute atomic E-state index is 0.0938. The van der Waals surface area contributed by atoms with E-state index in [0.29, 0.717) is 34.8 Å². The van der Waals surface area contributed by atoms with Crippen LogP contribution in [-0.4, -0.2) is 71.8 Å². The monoisotopic (exact) mass is 591 g/mol. The van der Waals surface area contributed by atoms with Crippen molar-refractivity contribution in [2.24, 2.45) is 0 Å². The quantitative estimate of drug-likeness (QED) is 0.288. The number of halogens is 1. The molecule has 10 nitrogen and oxygen atoms in total. The Labute approximate surface area is 248 Å². The maximum absolute atomic E-state index is 13.4. The Morgan fingerprint density at radius 1 is 1.14 bits per heavy atom. The Bertz CT molecular complexity index is 1550. The Morgan fingerprint density at radius 2 is 1.93 bits per heavy atom. The lowest BCUT2D eigenvalue weighted by atomic mass is 10.1. The van der Waals surface area contributed by atoms with Gasteiger partial charge in [0.2, 0.25) is 17.7 Å². The average molecular weight is 592 g/mol. The van der Waals surface area contributed by atoms with Crippen LogP contribution in [-0.2, 0) is 9.53 Å². The van der Waals surface area contributed by atoms with Crippen molar-refractivity contribution in [1.29, 1.82) is 0 Å². The van der Waals surface area contributed by atoms with Crippen LogP contribution < -0.4 is 19.9 Å². The zero-order valence-corrected chi connectivity index (χ0v) is 24.7. The number of benzene rings is 2. The third-order valence-electron chi connectivity index (χ3n) is 7.75. The van der Waals surface area contributed by atoms with Gasteiger partial charge in [0, 0.05) is 58.9 Å². The van der Waals surface area contributed by atoms with E-state index in [-0.39, 0.29) is 24.0 Å². The number of fused-ring (bicyclic) bond motifs is 1. The van der Waals surface area contributed by atoms with E-state index in [1.165, 1.54) is 30.4 Å². The van der Waals surface area contributed by atoms with E-state index in [9.17, 15) is 9.18 Å². The zero-order valence-electron chi connectivity index (χ0n) is 23.9. The lowest BCUT2D eigenvalue weighted by Gasteiger charge is -2.39. The third kappa shape index (κ3) is 6.15. The second kappa shape index (κ2) is 12.2. The summed E-state index contributed by atoms with van der Waals surface area (Å²) in [5.41, 5.74) is 1.75. The highest BCUT2D eigenvalue weighted by Crippen LogP contribution is 2.36. The number of hydrogen-bond acceptors (Lipinski definition) is 10. The number of carbonyl (C=O) groups is 1. The predicted octanol–water partition coefficient (Wildman–Crippen LogP) is 5.43. The number of piperazine rings is 1. The fourth-order valence-electron chi connectivity index (χ4n) is 5.38. The van der Waals surface area contributed by atoms with E-state index < -0.39 is 0 Å². The van der Waals surface area contributed by atoms with Crippen molar-refractivity contribution in [3.05, 3.63) is 59.9 Å². The molecular weight excluding hydrogens is 557 g/mol. The standard InChI is InChI=1S/C30H34FN7O3S/c1-19(21-9-11-22(31)12-10-21)37-13-15-38(16-14-37)25-18-26(34-29(33-25)36(3)27-8-5-17-40-27)41-23-6-4-7-24-28(23)35-30(42-24)32-20(2)39/h4,6-7,9-12,18-19,27H,5,8,13-17H2,1-3H3,(H,32,35,39)/t19-,27+/m1/s1. The van der Waals surface area contributed by atoms with Gasteiger partial charge in [0.15, 0.2) is 10.9 Å². The summed E-state index contributed by atoms with van der Waals surface area (Å²) in [6.07, 6.45) is 1.81. The highest BCUT2D eigenvalue weighted by Gasteiger charge is 2.27. The number of rotatable bonds is 8. The number of ether oxygens (including phenoxy) is 2. The van der Waals surface area contributed by atoms with Crippen molar-refractivity contribution < 1.29 is 18.7 Å². The maximum atomic E-state index is 13.4. The number of thiazole rings is 1. The normalized spacial score (nSPS) is 18.3. The van der Waals surface area contributed by atoms with Crippen LogP contribution in [0, 0.1) is 5.82 Å². The number of hydrogen-bond donors (Lipinski definition) is 1. The molecule has 1 N–H and O–H groups in total.